The smallest absolute Gasteiger partial charge is 0.126 e. The largest absolute Gasteiger partial charge is 0.382 e. The van der Waals surface area contributed by atoms with E-state index in [0.717, 1.165) is 24.4 Å². The molecule has 0 amide bonds. The van der Waals surface area contributed by atoms with Crippen molar-refractivity contribution in [2.24, 2.45) is 5.92 Å². The quantitative estimate of drug-likeness (QED) is 0.867. The fourth-order valence-corrected chi connectivity index (χ4v) is 2.98. The molecule has 0 aliphatic heterocycles. The van der Waals surface area contributed by atoms with Gasteiger partial charge in [0.15, 0.2) is 0 Å². The van der Waals surface area contributed by atoms with E-state index in [-0.39, 0.29) is 5.82 Å². The highest BCUT2D eigenvalue weighted by Gasteiger charge is 2.20. The molecule has 1 aliphatic carbocycles. The highest BCUT2D eigenvalue weighted by Crippen LogP contribution is 2.29. The molecule has 19 heavy (non-hydrogen) atoms. The Kier molecular flexibility index (Phi) is 4.79. The molecule has 0 unspecified atom stereocenters. The maximum Gasteiger partial charge on any atom is 0.126 e. The van der Waals surface area contributed by atoms with Gasteiger partial charge in [0.1, 0.15) is 5.82 Å². The Morgan fingerprint density at radius 3 is 2.63 bits per heavy atom. The first-order valence-corrected chi connectivity index (χ1v) is 7.18. The van der Waals surface area contributed by atoms with Crippen LogP contribution in [-0.4, -0.2) is 6.04 Å². The minimum Gasteiger partial charge on any atom is -0.382 e. The second kappa shape index (κ2) is 6.56. The van der Waals surface area contributed by atoms with Gasteiger partial charge in [-0.05, 0) is 49.8 Å². The normalized spacial score (nSPS) is 22.8. The molecule has 0 aromatic heterocycles. The van der Waals surface area contributed by atoms with Crippen molar-refractivity contribution in [3.05, 3.63) is 29.6 Å². The van der Waals surface area contributed by atoms with E-state index in [1.807, 2.05) is 6.07 Å². The Bertz CT molecular complexity index is 456. The van der Waals surface area contributed by atoms with Crippen molar-refractivity contribution in [1.82, 2.24) is 0 Å². The van der Waals surface area contributed by atoms with Gasteiger partial charge < -0.3 is 5.32 Å². The third-order valence-electron chi connectivity index (χ3n) is 3.94. The standard InChI is InChI=1S/C16H21FN2/c1-2-3-12-4-6-15(7-5-12)19-16-9-13(11-18)8-14(17)10-16/h8-10,12,15,19H,2-7H2,1H3. The molecule has 0 atom stereocenters. The van der Waals surface area contributed by atoms with Crippen molar-refractivity contribution < 1.29 is 4.39 Å². The lowest BCUT2D eigenvalue weighted by molar-refractivity contribution is 0.319. The van der Waals surface area contributed by atoms with Crippen molar-refractivity contribution in [2.45, 2.75) is 51.5 Å². The molecule has 2 rings (SSSR count). The average Bonchev–Trinajstić information content (AvgIpc) is 2.40. The van der Waals surface area contributed by atoms with Gasteiger partial charge in [0, 0.05) is 11.7 Å². The topological polar surface area (TPSA) is 35.8 Å². The van der Waals surface area contributed by atoms with E-state index in [2.05, 4.69) is 12.2 Å². The van der Waals surface area contributed by atoms with Gasteiger partial charge in [0.05, 0.1) is 11.6 Å². The molecule has 0 saturated heterocycles. The van der Waals surface area contributed by atoms with Crippen molar-refractivity contribution >= 4 is 5.69 Å². The highest BCUT2D eigenvalue weighted by atomic mass is 19.1. The molecule has 0 radical (unpaired) electrons. The van der Waals surface area contributed by atoms with E-state index in [1.165, 1.54) is 37.8 Å². The van der Waals surface area contributed by atoms with E-state index in [9.17, 15) is 4.39 Å². The predicted octanol–water partition coefficient (Wildman–Crippen LogP) is 4.47. The molecule has 0 spiro atoms. The zero-order valence-electron chi connectivity index (χ0n) is 11.5. The first-order chi connectivity index (χ1) is 9.21. The van der Waals surface area contributed by atoms with E-state index in [4.69, 9.17) is 5.26 Å². The fraction of sp³-hybridized carbons (Fsp3) is 0.562. The molecule has 1 aromatic rings. The van der Waals surface area contributed by atoms with Crippen LogP contribution in [0.25, 0.3) is 0 Å². The van der Waals surface area contributed by atoms with Crippen molar-refractivity contribution in [2.75, 3.05) is 5.32 Å². The van der Waals surface area contributed by atoms with Crippen molar-refractivity contribution in [1.29, 1.82) is 5.26 Å². The second-order valence-electron chi connectivity index (χ2n) is 5.49. The van der Waals surface area contributed by atoms with Crippen molar-refractivity contribution in [3.63, 3.8) is 0 Å². The summed E-state index contributed by atoms with van der Waals surface area (Å²) in [4.78, 5) is 0. The van der Waals surface area contributed by atoms with Crippen LogP contribution >= 0.6 is 0 Å². The van der Waals surface area contributed by atoms with Crippen LogP contribution in [0.15, 0.2) is 18.2 Å². The molecule has 1 N–H and O–H groups in total. The van der Waals surface area contributed by atoms with Gasteiger partial charge in [-0.15, -0.1) is 0 Å². The van der Waals surface area contributed by atoms with Crippen LogP contribution in [0, 0.1) is 23.1 Å². The number of benzene rings is 1. The lowest BCUT2D eigenvalue weighted by atomic mass is 9.83. The maximum atomic E-state index is 13.3. The van der Waals surface area contributed by atoms with Crippen LogP contribution in [0.1, 0.15) is 51.0 Å². The third kappa shape index (κ3) is 3.96. The van der Waals surface area contributed by atoms with Gasteiger partial charge in [-0.1, -0.05) is 19.8 Å². The number of nitriles is 1. The molecule has 1 aromatic carbocycles. The number of hydrogen-bond donors (Lipinski definition) is 1. The predicted molar refractivity (Wildman–Crippen MR) is 75.4 cm³/mol. The van der Waals surface area contributed by atoms with Gasteiger partial charge in [0.25, 0.3) is 0 Å². The molecule has 0 heterocycles. The zero-order valence-corrected chi connectivity index (χ0v) is 11.5. The Morgan fingerprint density at radius 2 is 2.00 bits per heavy atom. The minimum absolute atomic E-state index is 0.346. The van der Waals surface area contributed by atoms with Gasteiger partial charge in [-0.25, -0.2) is 4.39 Å². The molecule has 3 heteroatoms. The van der Waals surface area contributed by atoms with E-state index in [1.54, 1.807) is 6.07 Å². The van der Waals surface area contributed by atoms with Crippen LogP contribution in [0.2, 0.25) is 0 Å². The minimum atomic E-state index is -0.346. The first kappa shape index (κ1) is 13.9. The lowest BCUT2D eigenvalue weighted by Gasteiger charge is -2.29. The van der Waals surface area contributed by atoms with Crippen molar-refractivity contribution in [3.8, 4) is 6.07 Å². The fourth-order valence-electron chi connectivity index (χ4n) is 2.98. The van der Waals surface area contributed by atoms with Gasteiger partial charge in [-0.3, -0.25) is 0 Å². The van der Waals surface area contributed by atoms with Crippen LogP contribution < -0.4 is 5.32 Å². The number of anilines is 1. The van der Waals surface area contributed by atoms with Gasteiger partial charge in [0.2, 0.25) is 0 Å². The first-order valence-electron chi connectivity index (χ1n) is 7.18. The molecule has 2 nitrogen and oxygen atoms in total. The van der Waals surface area contributed by atoms with Crippen LogP contribution in [-0.2, 0) is 0 Å². The highest BCUT2D eigenvalue weighted by molar-refractivity contribution is 5.50. The summed E-state index contributed by atoms with van der Waals surface area (Å²) in [5.74, 6) is 0.520. The molecule has 1 fully saturated rings. The lowest BCUT2D eigenvalue weighted by Crippen LogP contribution is -2.26. The molecular formula is C16H21FN2. The number of rotatable bonds is 4. The van der Waals surface area contributed by atoms with E-state index >= 15 is 0 Å². The van der Waals surface area contributed by atoms with Crippen LogP contribution in [0.3, 0.4) is 0 Å². The Labute approximate surface area is 114 Å². The van der Waals surface area contributed by atoms with Crippen LogP contribution in [0.4, 0.5) is 10.1 Å². The summed E-state index contributed by atoms with van der Waals surface area (Å²) in [5, 5.41) is 12.2. The summed E-state index contributed by atoms with van der Waals surface area (Å²) in [6.45, 7) is 2.24. The Morgan fingerprint density at radius 1 is 1.26 bits per heavy atom. The number of halogens is 1. The number of nitrogens with one attached hydrogen (secondary N) is 1. The summed E-state index contributed by atoms with van der Waals surface area (Å²) in [6, 6.07) is 6.87. The van der Waals surface area contributed by atoms with Gasteiger partial charge >= 0.3 is 0 Å². The Hall–Kier alpha value is -1.56. The van der Waals surface area contributed by atoms with E-state index in [0.29, 0.717) is 11.6 Å². The molecule has 102 valence electrons. The molecular weight excluding hydrogens is 239 g/mol. The summed E-state index contributed by atoms with van der Waals surface area (Å²) >= 11 is 0. The number of hydrogen-bond acceptors (Lipinski definition) is 2. The Balaban J connectivity index is 1.92. The summed E-state index contributed by atoms with van der Waals surface area (Å²) < 4.78 is 13.3. The second-order valence-corrected chi connectivity index (χ2v) is 5.49. The molecule has 1 aliphatic rings. The van der Waals surface area contributed by atoms with Gasteiger partial charge in [-0.2, -0.15) is 5.26 Å². The summed E-state index contributed by atoms with van der Waals surface area (Å²) in [7, 11) is 0. The summed E-state index contributed by atoms with van der Waals surface area (Å²) in [6.07, 6.45) is 7.38. The number of nitrogens with zero attached hydrogens (tertiary/aromatic N) is 1. The van der Waals surface area contributed by atoms with E-state index < -0.39 is 0 Å². The SMILES string of the molecule is CCCC1CCC(Nc2cc(F)cc(C#N)c2)CC1. The molecule has 0 bridgehead atoms. The molecule has 1 saturated carbocycles. The summed E-state index contributed by atoms with van der Waals surface area (Å²) in [5.41, 5.74) is 1.11. The monoisotopic (exact) mass is 260 g/mol. The zero-order chi connectivity index (χ0) is 13.7. The average molecular weight is 260 g/mol. The third-order valence-corrected chi connectivity index (χ3v) is 3.94. The van der Waals surface area contributed by atoms with Crippen LogP contribution in [0.5, 0.6) is 0 Å². The maximum absolute atomic E-state index is 13.3.